The van der Waals surface area contributed by atoms with E-state index in [-0.39, 0.29) is 16.3 Å². The van der Waals surface area contributed by atoms with Crippen LogP contribution in [0.1, 0.15) is 6.42 Å². The van der Waals surface area contributed by atoms with Crippen molar-refractivity contribution in [2.24, 2.45) is 0 Å². The van der Waals surface area contributed by atoms with Crippen LogP contribution < -0.4 is 5.73 Å². The molecule has 0 unspecified atom stereocenters. The molecule has 0 amide bonds. The van der Waals surface area contributed by atoms with Gasteiger partial charge < -0.3 is 10.6 Å². The standard InChI is InChI=1S/C11H17FN2O2S/c1-14(2)6-3-7-17(15,16)11-5-4-9(13)8-10(11)12/h4-5,8H,3,6-7,13H2,1-2H3. The van der Waals surface area contributed by atoms with Gasteiger partial charge >= 0.3 is 0 Å². The maximum absolute atomic E-state index is 13.5. The summed E-state index contributed by atoms with van der Waals surface area (Å²) >= 11 is 0. The Bertz CT molecular complexity index is 486. The lowest BCUT2D eigenvalue weighted by atomic mass is 10.3. The molecule has 0 aliphatic heterocycles. The molecule has 0 fully saturated rings. The van der Waals surface area contributed by atoms with Crippen molar-refractivity contribution < 1.29 is 12.8 Å². The van der Waals surface area contributed by atoms with Crippen molar-refractivity contribution in [3.63, 3.8) is 0 Å². The first-order chi connectivity index (χ1) is 7.83. The van der Waals surface area contributed by atoms with Crippen molar-refractivity contribution in [2.45, 2.75) is 11.3 Å². The average molecular weight is 260 g/mol. The van der Waals surface area contributed by atoms with Crippen LogP contribution in [0.25, 0.3) is 0 Å². The third-order valence-corrected chi connectivity index (χ3v) is 4.14. The van der Waals surface area contributed by atoms with Crippen LogP contribution >= 0.6 is 0 Å². The van der Waals surface area contributed by atoms with Crippen molar-refractivity contribution >= 4 is 15.5 Å². The minimum absolute atomic E-state index is 0.0635. The Labute approximate surface area is 101 Å². The van der Waals surface area contributed by atoms with E-state index in [9.17, 15) is 12.8 Å². The van der Waals surface area contributed by atoms with E-state index in [1.165, 1.54) is 12.1 Å². The van der Waals surface area contributed by atoms with Crippen LogP contribution in [0.5, 0.6) is 0 Å². The van der Waals surface area contributed by atoms with Crippen molar-refractivity contribution in [1.82, 2.24) is 4.90 Å². The Morgan fingerprint density at radius 1 is 1.35 bits per heavy atom. The number of sulfone groups is 1. The number of nitrogen functional groups attached to an aromatic ring is 1. The lowest BCUT2D eigenvalue weighted by Gasteiger charge is -2.10. The van der Waals surface area contributed by atoms with Gasteiger partial charge in [0.2, 0.25) is 0 Å². The van der Waals surface area contributed by atoms with Gasteiger partial charge in [0.25, 0.3) is 0 Å². The first-order valence-corrected chi connectivity index (χ1v) is 6.90. The second-order valence-corrected chi connectivity index (χ2v) is 6.24. The first-order valence-electron chi connectivity index (χ1n) is 5.25. The molecule has 0 saturated heterocycles. The van der Waals surface area contributed by atoms with Crippen molar-refractivity contribution in [3.8, 4) is 0 Å². The number of nitrogens with zero attached hydrogens (tertiary/aromatic N) is 1. The van der Waals surface area contributed by atoms with Gasteiger partial charge in [-0.15, -0.1) is 0 Å². The summed E-state index contributed by atoms with van der Waals surface area (Å²) in [5.74, 6) is -0.846. The van der Waals surface area contributed by atoms with E-state index in [4.69, 9.17) is 5.73 Å². The molecule has 0 aliphatic carbocycles. The van der Waals surface area contributed by atoms with Gasteiger partial charge in [-0.1, -0.05) is 0 Å². The zero-order chi connectivity index (χ0) is 13.1. The second kappa shape index (κ2) is 5.46. The molecule has 1 aromatic carbocycles. The Hall–Kier alpha value is -1.14. The summed E-state index contributed by atoms with van der Waals surface area (Å²) in [6, 6.07) is 3.64. The van der Waals surface area contributed by atoms with Crippen LogP contribution in [0.2, 0.25) is 0 Å². The van der Waals surface area contributed by atoms with Gasteiger partial charge in [0, 0.05) is 5.69 Å². The molecule has 1 aromatic rings. The smallest absolute Gasteiger partial charge is 0.181 e. The van der Waals surface area contributed by atoms with E-state index in [1.807, 2.05) is 19.0 Å². The molecule has 2 N–H and O–H groups in total. The number of rotatable bonds is 5. The first kappa shape index (κ1) is 13.9. The molecular formula is C11H17FN2O2S. The molecule has 1 rings (SSSR count). The number of hydrogen-bond donors (Lipinski definition) is 1. The summed E-state index contributed by atoms with van der Waals surface area (Å²) in [5.41, 5.74) is 5.59. The number of nitrogens with two attached hydrogens (primary N) is 1. The van der Waals surface area contributed by atoms with Crippen LogP contribution in [0.3, 0.4) is 0 Å². The number of benzene rings is 1. The highest BCUT2D eigenvalue weighted by molar-refractivity contribution is 7.91. The minimum Gasteiger partial charge on any atom is -0.399 e. The lowest BCUT2D eigenvalue weighted by molar-refractivity contribution is 0.408. The number of halogens is 1. The summed E-state index contributed by atoms with van der Waals surface area (Å²) < 4.78 is 37.2. The molecule has 17 heavy (non-hydrogen) atoms. The van der Waals surface area contributed by atoms with E-state index < -0.39 is 15.7 Å². The predicted octanol–water partition coefficient (Wildman–Crippen LogP) is 1.13. The third kappa shape index (κ3) is 3.98. The van der Waals surface area contributed by atoms with Crippen LogP contribution in [-0.4, -0.2) is 39.7 Å². The maximum atomic E-state index is 13.5. The second-order valence-electron chi connectivity index (χ2n) is 4.17. The maximum Gasteiger partial charge on any atom is 0.181 e. The zero-order valence-electron chi connectivity index (χ0n) is 9.98. The molecule has 0 aliphatic rings. The average Bonchev–Trinajstić information content (AvgIpc) is 2.15. The Morgan fingerprint density at radius 3 is 2.53 bits per heavy atom. The molecule has 6 heteroatoms. The van der Waals surface area contributed by atoms with Crippen molar-refractivity contribution in [2.75, 3.05) is 32.1 Å². The van der Waals surface area contributed by atoms with Crippen molar-refractivity contribution in [3.05, 3.63) is 24.0 Å². The quantitative estimate of drug-likeness (QED) is 0.806. The summed E-state index contributed by atoms with van der Waals surface area (Å²) in [6.45, 7) is 0.649. The Kier molecular flexibility index (Phi) is 4.47. The Morgan fingerprint density at radius 2 is 2.00 bits per heavy atom. The van der Waals surface area contributed by atoms with Crippen LogP contribution in [-0.2, 0) is 9.84 Å². The fourth-order valence-electron chi connectivity index (χ4n) is 1.45. The van der Waals surface area contributed by atoms with E-state index >= 15 is 0 Å². The van der Waals surface area contributed by atoms with Crippen molar-refractivity contribution in [1.29, 1.82) is 0 Å². The summed E-state index contributed by atoms with van der Waals surface area (Å²) in [7, 11) is 0.155. The van der Waals surface area contributed by atoms with Crippen LogP contribution in [0.4, 0.5) is 10.1 Å². The van der Waals surface area contributed by atoms with E-state index in [0.29, 0.717) is 13.0 Å². The molecule has 0 bridgehead atoms. The molecule has 0 atom stereocenters. The molecule has 0 saturated carbocycles. The van der Waals surface area contributed by atoms with E-state index in [1.54, 1.807) is 0 Å². The van der Waals surface area contributed by atoms with Crippen LogP contribution in [0.15, 0.2) is 23.1 Å². The normalized spacial score (nSPS) is 12.0. The molecule has 0 aromatic heterocycles. The highest BCUT2D eigenvalue weighted by Crippen LogP contribution is 2.19. The molecule has 0 spiro atoms. The summed E-state index contributed by atoms with van der Waals surface area (Å²) in [6.07, 6.45) is 0.471. The highest BCUT2D eigenvalue weighted by Gasteiger charge is 2.18. The number of anilines is 1. The van der Waals surface area contributed by atoms with Gasteiger partial charge in [0.1, 0.15) is 10.7 Å². The fourth-order valence-corrected chi connectivity index (χ4v) is 2.81. The summed E-state index contributed by atoms with van der Waals surface area (Å²) in [5, 5.41) is 0. The van der Waals surface area contributed by atoms with Gasteiger partial charge in [-0.25, -0.2) is 12.8 Å². The Balaban J connectivity index is 2.83. The fraction of sp³-hybridized carbons (Fsp3) is 0.455. The summed E-state index contributed by atoms with van der Waals surface area (Å²) in [4.78, 5) is 1.61. The zero-order valence-corrected chi connectivity index (χ0v) is 10.8. The van der Waals surface area contributed by atoms with Gasteiger partial charge in [0.05, 0.1) is 5.75 Å². The lowest BCUT2D eigenvalue weighted by Crippen LogP contribution is -2.18. The predicted molar refractivity (Wildman–Crippen MR) is 66.0 cm³/mol. The third-order valence-electron chi connectivity index (χ3n) is 2.31. The van der Waals surface area contributed by atoms with Gasteiger partial charge in [0.15, 0.2) is 9.84 Å². The number of hydrogen-bond acceptors (Lipinski definition) is 4. The van der Waals surface area contributed by atoms with E-state index in [0.717, 1.165) is 6.07 Å². The molecule has 0 radical (unpaired) electrons. The largest absolute Gasteiger partial charge is 0.399 e. The minimum atomic E-state index is -3.56. The highest BCUT2D eigenvalue weighted by atomic mass is 32.2. The van der Waals surface area contributed by atoms with Gasteiger partial charge in [-0.3, -0.25) is 0 Å². The molecule has 96 valence electrons. The van der Waals surface area contributed by atoms with Gasteiger partial charge in [-0.2, -0.15) is 0 Å². The van der Waals surface area contributed by atoms with Gasteiger partial charge in [-0.05, 0) is 45.3 Å². The topological polar surface area (TPSA) is 63.4 Å². The molecule has 4 nitrogen and oxygen atoms in total. The van der Waals surface area contributed by atoms with Crippen LogP contribution in [0, 0.1) is 5.82 Å². The van der Waals surface area contributed by atoms with E-state index in [2.05, 4.69) is 0 Å². The SMILES string of the molecule is CN(C)CCCS(=O)(=O)c1ccc(N)cc1F. The molecular weight excluding hydrogens is 243 g/mol. The molecule has 0 heterocycles. The monoisotopic (exact) mass is 260 g/mol.